The molecule has 0 amide bonds. The zero-order valence-electron chi connectivity index (χ0n) is 10.1. The molecule has 0 radical (unpaired) electrons. The number of hydrogen-bond donors (Lipinski definition) is 2. The van der Waals surface area contributed by atoms with Gasteiger partial charge >= 0.3 is 0 Å². The van der Waals surface area contributed by atoms with Crippen LogP contribution in [0.25, 0.3) is 0 Å². The van der Waals surface area contributed by atoms with Gasteiger partial charge in [-0.3, -0.25) is 0 Å². The third-order valence-electron chi connectivity index (χ3n) is 2.94. The van der Waals surface area contributed by atoms with Crippen LogP contribution < -0.4 is 11.1 Å². The molecule has 0 aliphatic rings. The summed E-state index contributed by atoms with van der Waals surface area (Å²) >= 11 is 0. The van der Waals surface area contributed by atoms with E-state index in [1.54, 1.807) is 0 Å². The summed E-state index contributed by atoms with van der Waals surface area (Å²) in [5, 5.41) is 3.29. The summed E-state index contributed by atoms with van der Waals surface area (Å²) in [6.07, 6.45) is 0. The molecule has 1 heterocycles. The van der Waals surface area contributed by atoms with E-state index in [0.717, 1.165) is 11.5 Å². The van der Waals surface area contributed by atoms with Gasteiger partial charge in [-0.25, -0.2) is 0 Å². The first kappa shape index (κ1) is 12.3. The molecule has 0 aliphatic carbocycles. The predicted molar refractivity (Wildman–Crippen MR) is 62.6 cm³/mol. The Morgan fingerprint density at radius 3 is 2.40 bits per heavy atom. The van der Waals surface area contributed by atoms with Gasteiger partial charge in [0.15, 0.2) is 0 Å². The number of furan rings is 1. The molecule has 3 N–H and O–H groups in total. The Hall–Kier alpha value is -0.800. The molecule has 0 spiro atoms. The highest BCUT2D eigenvalue weighted by molar-refractivity contribution is 5.11. The van der Waals surface area contributed by atoms with Gasteiger partial charge in [0.2, 0.25) is 0 Å². The molecule has 0 aromatic carbocycles. The van der Waals surface area contributed by atoms with Gasteiger partial charge in [0.25, 0.3) is 0 Å². The second kappa shape index (κ2) is 5.33. The van der Waals surface area contributed by atoms with Crippen LogP contribution in [0.1, 0.15) is 31.4 Å². The van der Waals surface area contributed by atoms with Gasteiger partial charge in [-0.2, -0.15) is 0 Å². The molecule has 15 heavy (non-hydrogen) atoms. The van der Waals surface area contributed by atoms with Crippen LogP contribution in [0.15, 0.2) is 16.5 Å². The summed E-state index contributed by atoms with van der Waals surface area (Å²) in [5.74, 6) is 2.88. The fourth-order valence-electron chi connectivity index (χ4n) is 1.98. The average Bonchev–Trinajstić information content (AvgIpc) is 2.60. The van der Waals surface area contributed by atoms with E-state index in [2.05, 4.69) is 19.2 Å². The fraction of sp³-hybridized carbons (Fsp3) is 0.667. The zero-order chi connectivity index (χ0) is 11.4. The summed E-state index contributed by atoms with van der Waals surface area (Å²) in [6.45, 7) is 7.02. The van der Waals surface area contributed by atoms with E-state index in [9.17, 15) is 0 Å². The smallest absolute Gasteiger partial charge is 0.121 e. The highest BCUT2D eigenvalue weighted by Crippen LogP contribution is 2.28. The van der Waals surface area contributed by atoms with Crippen molar-refractivity contribution in [1.82, 2.24) is 5.32 Å². The van der Waals surface area contributed by atoms with Crippen molar-refractivity contribution in [1.29, 1.82) is 0 Å². The van der Waals surface area contributed by atoms with Crippen molar-refractivity contribution in [3.8, 4) is 0 Å². The molecule has 0 saturated carbocycles. The Labute approximate surface area is 92.0 Å². The minimum absolute atomic E-state index is 0.212. The molecule has 0 fully saturated rings. The summed E-state index contributed by atoms with van der Waals surface area (Å²) in [7, 11) is 1.95. The Bertz CT molecular complexity index is 294. The zero-order valence-corrected chi connectivity index (χ0v) is 10.1. The van der Waals surface area contributed by atoms with Crippen LogP contribution in [0.5, 0.6) is 0 Å². The highest BCUT2D eigenvalue weighted by atomic mass is 16.3. The van der Waals surface area contributed by atoms with Crippen LogP contribution in [0, 0.1) is 18.8 Å². The molecule has 0 saturated heterocycles. The summed E-state index contributed by atoms with van der Waals surface area (Å²) in [5.41, 5.74) is 5.81. The first-order valence-electron chi connectivity index (χ1n) is 5.53. The van der Waals surface area contributed by atoms with Gasteiger partial charge in [-0.15, -0.1) is 0 Å². The first-order chi connectivity index (χ1) is 7.10. The summed E-state index contributed by atoms with van der Waals surface area (Å²) in [4.78, 5) is 0. The van der Waals surface area contributed by atoms with Crippen LogP contribution in [-0.2, 0) is 0 Å². The summed E-state index contributed by atoms with van der Waals surface area (Å²) in [6, 6.07) is 4.23. The lowest BCUT2D eigenvalue weighted by atomic mass is 9.87. The third-order valence-corrected chi connectivity index (χ3v) is 2.94. The molecule has 3 heteroatoms. The number of nitrogens with one attached hydrogen (secondary N) is 1. The van der Waals surface area contributed by atoms with E-state index in [4.69, 9.17) is 10.2 Å². The maximum Gasteiger partial charge on any atom is 0.121 e. The Kier molecular flexibility index (Phi) is 4.36. The van der Waals surface area contributed by atoms with Gasteiger partial charge in [-0.05, 0) is 44.5 Å². The molecule has 2 unspecified atom stereocenters. The van der Waals surface area contributed by atoms with E-state index in [0.29, 0.717) is 18.4 Å². The molecule has 0 aliphatic heterocycles. The third kappa shape index (κ3) is 2.83. The predicted octanol–water partition coefficient (Wildman–Crippen LogP) is 2.08. The van der Waals surface area contributed by atoms with Gasteiger partial charge < -0.3 is 15.5 Å². The van der Waals surface area contributed by atoms with E-state index in [1.165, 1.54) is 0 Å². The molecule has 86 valence electrons. The lowest BCUT2D eigenvalue weighted by molar-refractivity contribution is 0.262. The number of aryl methyl sites for hydroxylation is 1. The normalized spacial score (nSPS) is 15.6. The number of rotatable bonds is 5. The monoisotopic (exact) mass is 210 g/mol. The van der Waals surface area contributed by atoms with Crippen LogP contribution >= 0.6 is 0 Å². The highest BCUT2D eigenvalue weighted by Gasteiger charge is 2.25. The van der Waals surface area contributed by atoms with Crippen LogP contribution in [0.4, 0.5) is 0 Å². The van der Waals surface area contributed by atoms with E-state index < -0.39 is 0 Å². The Morgan fingerprint density at radius 2 is 2.07 bits per heavy atom. The minimum Gasteiger partial charge on any atom is -0.465 e. The second-order valence-corrected chi connectivity index (χ2v) is 4.36. The van der Waals surface area contributed by atoms with Crippen molar-refractivity contribution in [2.45, 2.75) is 26.8 Å². The quantitative estimate of drug-likeness (QED) is 0.782. The maximum atomic E-state index is 5.81. The standard InChI is InChI=1S/C12H22N2O/c1-8(2)10(7-13)12(14-4)11-6-5-9(3)15-11/h5-6,8,10,12,14H,7,13H2,1-4H3. The molecule has 1 rings (SSSR count). The van der Waals surface area contributed by atoms with Crippen molar-refractivity contribution >= 4 is 0 Å². The van der Waals surface area contributed by atoms with Crippen molar-refractivity contribution in [2.75, 3.05) is 13.6 Å². The van der Waals surface area contributed by atoms with E-state index in [1.807, 2.05) is 26.1 Å². The largest absolute Gasteiger partial charge is 0.465 e. The van der Waals surface area contributed by atoms with Crippen LogP contribution in [0.2, 0.25) is 0 Å². The van der Waals surface area contributed by atoms with E-state index in [-0.39, 0.29) is 6.04 Å². The average molecular weight is 210 g/mol. The molecular formula is C12H22N2O. The second-order valence-electron chi connectivity index (χ2n) is 4.36. The number of nitrogens with two attached hydrogens (primary N) is 1. The van der Waals surface area contributed by atoms with Gasteiger partial charge in [0.05, 0.1) is 6.04 Å². The molecule has 3 nitrogen and oxygen atoms in total. The molecule has 2 atom stereocenters. The van der Waals surface area contributed by atoms with E-state index >= 15 is 0 Å². The minimum atomic E-state index is 0.212. The van der Waals surface area contributed by atoms with Crippen molar-refractivity contribution in [2.24, 2.45) is 17.6 Å². The SMILES string of the molecule is CNC(c1ccc(C)o1)C(CN)C(C)C. The van der Waals surface area contributed by atoms with Crippen molar-refractivity contribution < 1.29 is 4.42 Å². The van der Waals surface area contributed by atoms with Crippen LogP contribution in [-0.4, -0.2) is 13.6 Å². The fourth-order valence-corrected chi connectivity index (χ4v) is 1.98. The van der Waals surface area contributed by atoms with Gasteiger partial charge in [-0.1, -0.05) is 13.8 Å². The molecular weight excluding hydrogens is 188 g/mol. The lowest BCUT2D eigenvalue weighted by Crippen LogP contribution is -2.33. The molecule has 0 bridgehead atoms. The van der Waals surface area contributed by atoms with Crippen LogP contribution in [0.3, 0.4) is 0 Å². The number of hydrogen-bond acceptors (Lipinski definition) is 3. The Balaban J connectivity index is 2.86. The van der Waals surface area contributed by atoms with Crippen molar-refractivity contribution in [3.63, 3.8) is 0 Å². The summed E-state index contributed by atoms with van der Waals surface area (Å²) < 4.78 is 5.65. The maximum absolute atomic E-state index is 5.81. The molecule has 1 aromatic rings. The Morgan fingerprint density at radius 1 is 1.40 bits per heavy atom. The van der Waals surface area contributed by atoms with Gasteiger partial charge in [0, 0.05) is 0 Å². The molecule has 1 aromatic heterocycles. The van der Waals surface area contributed by atoms with Gasteiger partial charge in [0.1, 0.15) is 11.5 Å². The lowest BCUT2D eigenvalue weighted by Gasteiger charge is -2.27. The first-order valence-corrected chi connectivity index (χ1v) is 5.53. The topological polar surface area (TPSA) is 51.2 Å². The van der Waals surface area contributed by atoms with Crippen molar-refractivity contribution in [3.05, 3.63) is 23.7 Å².